The Bertz CT molecular complexity index is 999. The SMILES string of the molecule is CCCCC/C=C\C/C=C\CCCCCCCC(=O)OC(COC(=O)CCCCCCCCCCCCCCCCCCCCCCCCC)COP(=O)(O)OCC. The molecule has 2 unspecified atom stereocenters. The quantitative estimate of drug-likeness (QED) is 0.0279. The van der Waals surface area contributed by atoms with E-state index in [0.717, 1.165) is 57.8 Å². The molecule has 9 heteroatoms. The van der Waals surface area contributed by atoms with E-state index in [1.54, 1.807) is 6.92 Å². The number of unbranched alkanes of at least 4 members (excludes halogenated alkanes) is 30. The molecule has 8 nitrogen and oxygen atoms in total. The molecule has 0 aromatic rings. The molecule has 0 bridgehead atoms. The Kier molecular flexibility index (Phi) is 43.9. The first-order valence-electron chi connectivity index (χ1n) is 24.6. The Balaban J connectivity index is 3.94. The Hall–Kier alpha value is -1.47. The van der Waals surface area contributed by atoms with Gasteiger partial charge in [-0.2, -0.15) is 0 Å². The predicted octanol–water partition coefficient (Wildman–Crippen LogP) is 15.8. The lowest BCUT2D eigenvalue weighted by Gasteiger charge is -2.19. The van der Waals surface area contributed by atoms with E-state index < -0.39 is 26.5 Å². The van der Waals surface area contributed by atoms with Gasteiger partial charge in [0.05, 0.1) is 13.2 Å². The van der Waals surface area contributed by atoms with Gasteiger partial charge in [-0.25, -0.2) is 4.57 Å². The number of rotatable bonds is 46. The number of ether oxygens (including phenoxy) is 2. The molecule has 342 valence electrons. The molecular weight excluding hydrogens is 748 g/mol. The van der Waals surface area contributed by atoms with E-state index in [0.29, 0.717) is 12.8 Å². The summed E-state index contributed by atoms with van der Waals surface area (Å²) >= 11 is 0. The van der Waals surface area contributed by atoms with Gasteiger partial charge in [-0.15, -0.1) is 0 Å². The summed E-state index contributed by atoms with van der Waals surface area (Å²) in [6.07, 6.45) is 51.0. The molecule has 0 saturated carbocycles. The van der Waals surface area contributed by atoms with Crippen LogP contribution in [0.4, 0.5) is 0 Å². The second-order valence-electron chi connectivity index (χ2n) is 16.5. The molecule has 0 aliphatic carbocycles. The van der Waals surface area contributed by atoms with Crippen molar-refractivity contribution in [3.63, 3.8) is 0 Å². The highest BCUT2D eigenvalue weighted by Crippen LogP contribution is 2.43. The smallest absolute Gasteiger partial charge is 0.462 e. The number of esters is 2. The van der Waals surface area contributed by atoms with Gasteiger partial charge in [0.2, 0.25) is 0 Å². The zero-order chi connectivity index (χ0) is 42.5. The summed E-state index contributed by atoms with van der Waals surface area (Å²) < 4.78 is 32.7. The molecule has 0 rings (SSSR count). The number of allylic oxidation sites excluding steroid dienone is 4. The second kappa shape index (κ2) is 45.1. The average molecular weight is 841 g/mol. The summed E-state index contributed by atoms with van der Waals surface area (Å²) in [5, 5.41) is 0. The molecule has 2 atom stereocenters. The van der Waals surface area contributed by atoms with Crippen LogP contribution in [0.1, 0.15) is 252 Å². The van der Waals surface area contributed by atoms with Crippen molar-refractivity contribution in [2.75, 3.05) is 19.8 Å². The molecule has 0 aromatic heterocycles. The maximum absolute atomic E-state index is 12.6. The van der Waals surface area contributed by atoms with Crippen LogP contribution in [0.3, 0.4) is 0 Å². The van der Waals surface area contributed by atoms with Crippen LogP contribution in [-0.4, -0.2) is 42.8 Å². The Labute approximate surface area is 358 Å². The molecule has 0 radical (unpaired) electrons. The summed E-state index contributed by atoms with van der Waals surface area (Å²) in [7, 11) is -4.28. The van der Waals surface area contributed by atoms with E-state index in [2.05, 4.69) is 38.2 Å². The van der Waals surface area contributed by atoms with Crippen LogP contribution in [0.15, 0.2) is 24.3 Å². The standard InChI is InChI=1S/C49H93O8P/c1-4-7-9-11-13-15-17-19-21-22-23-24-25-26-27-28-30-31-33-35-37-39-41-43-48(50)54-45-47(46-56-58(52,53)55-6-3)57-49(51)44-42-40-38-36-34-32-29-20-18-16-14-12-10-8-5-2/h14,16,20,29,47H,4-13,15,17-19,21-28,30-46H2,1-3H3,(H,52,53)/b16-14-,29-20-. The van der Waals surface area contributed by atoms with Gasteiger partial charge in [-0.1, -0.05) is 212 Å². The molecule has 0 aliphatic heterocycles. The van der Waals surface area contributed by atoms with Gasteiger partial charge < -0.3 is 14.4 Å². The third kappa shape index (κ3) is 44.1. The van der Waals surface area contributed by atoms with Gasteiger partial charge in [0, 0.05) is 12.8 Å². The highest BCUT2D eigenvalue weighted by Gasteiger charge is 2.25. The maximum Gasteiger partial charge on any atom is 0.472 e. The third-order valence-corrected chi connectivity index (χ3v) is 11.8. The van der Waals surface area contributed by atoms with Crippen molar-refractivity contribution in [2.45, 2.75) is 258 Å². The van der Waals surface area contributed by atoms with Crippen LogP contribution in [0, 0.1) is 0 Å². The van der Waals surface area contributed by atoms with E-state index in [1.165, 1.54) is 154 Å². The molecule has 0 fully saturated rings. The largest absolute Gasteiger partial charge is 0.472 e. The minimum Gasteiger partial charge on any atom is -0.462 e. The number of carbonyl (C=O) groups excluding carboxylic acids is 2. The summed E-state index contributed by atoms with van der Waals surface area (Å²) in [6, 6.07) is 0. The van der Waals surface area contributed by atoms with Crippen molar-refractivity contribution in [3.05, 3.63) is 24.3 Å². The topological polar surface area (TPSA) is 108 Å². The number of phosphoric ester groups is 1. The van der Waals surface area contributed by atoms with Gasteiger partial charge in [0.1, 0.15) is 6.61 Å². The fourth-order valence-corrected chi connectivity index (χ4v) is 7.89. The van der Waals surface area contributed by atoms with Crippen molar-refractivity contribution in [1.29, 1.82) is 0 Å². The molecular formula is C49H93O8P. The Morgan fingerprint density at radius 2 is 0.828 bits per heavy atom. The fourth-order valence-electron chi connectivity index (χ4n) is 7.13. The highest BCUT2D eigenvalue weighted by atomic mass is 31.2. The van der Waals surface area contributed by atoms with Crippen LogP contribution in [0.25, 0.3) is 0 Å². The van der Waals surface area contributed by atoms with Crippen molar-refractivity contribution in [2.24, 2.45) is 0 Å². The molecule has 0 saturated heterocycles. The first-order chi connectivity index (χ1) is 28.3. The second-order valence-corrected chi connectivity index (χ2v) is 17.9. The van der Waals surface area contributed by atoms with Gasteiger partial charge in [-0.05, 0) is 51.9 Å². The van der Waals surface area contributed by atoms with E-state index in [4.69, 9.17) is 18.5 Å². The van der Waals surface area contributed by atoms with Crippen molar-refractivity contribution < 1.29 is 37.6 Å². The van der Waals surface area contributed by atoms with Gasteiger partial charge in [0.15, 0.2) is 6.10 Å². The van der Waals surface area contributed by atoms with Gasteiger partial charge in [-0.3, -0.25) is 18.6 Å². The molecule has 0 aliphatic rings. The Morgan fingerprint density at radius 1 is 0.466 bits per heavy atom. The summed E-state index contributed by atoms with van der Waals surface area (Å²) in [5.74, 6) is -0.801. The number of hydrogen-bond donors (Lipinski definition) is 1. The van der Waals surface area contributed by atoms with E-state index in [9.17, 15) is 19.0 Å². The summed E-state index contributed by atoms with van der Waals surface area (Å²) in [6.45, 7) is 5.48. The van der Waals surface area contributed by atoms with Crippen LogP contribution < -0.4 is 0 Å². The lowest BCUT2D eigenvalue weighted by atomic mass is 10.0. The first-order valence-corrected chi connectivity index (χ1v) is 26.1. The monoisotopic (exact) mass is 841 g/mol. The molecule has 1 N–H and O–H groups in total. The number of carbonyl (C=O) groups is 2. The summed E-state index contributed by atoms with van der Waals surface area (Å²) in [4.78, 5) is 34.8. The molecule has 0 amide bonds. The Morgan fingerprint density at radius 3 is 1.26 bits per heavy atom. The first kappa shape index (κ1) is 56.5. The lowest BCUT2D eigenvalue weighted by Crippen LogP contribution is -2.29. The van der Waals surface area contributed by atoms with E-state index >= 15 is 0 Å². The van der Waals surface area contributed by atoms with Crippen molar-refractivity contribution in [3.8, 4) is 0 Å². The van der Waals surface area contributed by atoms with Crippen LogP contribution in [0.2, 0.25) is 0 Å². The predicted molar refractivity (Wildman–Crippen MR) is 244 cm³/mol. The minimum absolute atomic E-state index is 0.000390. The van der Waals surface area contributed by atoms with Gasteiger partial charge in [0.25, 0.3) is 0 Å². The average Bonchev–Trinajstić information content (AvgIpc) is 3.20. The van der Waals surface area contributed by atoms with Crippen LogP contribution >= 0.6 is 7.82 Å². The number of phosphoric acid groups is 1. The van der Waals surface area contributed by atoms with E-state index in [-0.39, 0.29) is 25.6 Å². The van der Waals surface area contributed by atoms with Crippen molar-refractivity contribution in [1.82, 2.24) is 0 Å². The molecule has 0 spiro atoms. The fraction of sp³-hybridized carbons (Fsp3) is 0.878. The van der Waals surface area contributed by atoms with Crippen molar-refractivity contribution >= 4 is 19.8 Å². The molecule has 58 heavy (non-hydrogen) atoms. The maximum atomic E-state index is 12.6. The minimum atomic E-state index is -4.28. The summed E-state index contributed by atoms with van der Waals surface area (Å²) in [5.41, 5.74) is 0. The molecule has 0 aromatic carbocycles. The third-order valence-electron chi connectivity index (χ3n) is 10.8. The number of hydrogen-bond acceptors (Lipinski definition) is 7. The molecule has 0 heterocycles. The van der Waals surface area contributed by atoms with Crippen LogP contribution in [0.5, 0.6) is 0 Å². The van der Waals surface area contributed by atoms with Crippen LogP contribution in [-0.2, 0) is 32.7 Å². The zero-order valence-corrected chi connectivity index (χ0v) is 39.1. The highest BCUT2D eigenvalue weighted by molar-refractivity contribution is 7.47. The van der Waals surface area contributed by atoms with Gasteiger partial charge >= 0.3 is 19.8 Å². The van der Waals surface area contributed by atoms with E-state index in [1.807, 2.05) is 0 Å². The normalized spacial score (nSPS) is 13.4. The zero-order valence-electron chi connectivity index (χ0n) is 38.2. The lowest BCUT2D eigenvalue weighted by molar-refractivity contribution is -0.161.